The average molecular weight is 289 g/mol. The smallest absolute Gasteiger partial charge is 0.274 e. The second kappa shape index (κ2) is 6.56. The lowest BCUT2D eigenvalue weighted by molar-refractivity contribution is 0.0776. The van der Waals surface area contributed by atoms with Crippen molar-refractivity contribution in [2.45, 2.75) is 46.2 Å². The zero-order chi connectivity index (χ0) is 15.4. The summed E-state index contributed by atoms with van der Waals surface area (Å²) >= 11 is 0. The quantitative estimate of drug-likeness (QED) is 0.888. The van der Waals surface area contributed by atoms with Crippen LogP contribution in [0.2, 0.25) is 0 Å². The van der Waals surface area contributed by atoms with Crippen LogP contribution in [0.4, 0.5) is 0 Å². The van der Waals surface area contributed by atoms with Gasteiger partial charge in [-0.3, -0.25) is 14.6 Å². The van der Waals surface area contributed by atoms with Crippen LogP contribution in [-0.2, 0) is 13.0 Å². The fraction of sp³-hybridized carbons (Fsp3) is 0.533. The number of aryl methyl sites for hydroxylation is 1. The van der Waals surface area contributed by atoms with Gasteiger partial charge in [-0.2, -0.15) is 10.2 Å². The second-order valence-electron chi connectivity index (χ2n) is 5.57. The zero-order valence-electron chi connectivity index (χ0n) is 13.1. The Morgan fingerprint density at radius 2 is 2.24 bits per heavy atom. The molecule has 0 aliphatic rings. The maximum Gasteiger partial charge on any atom is 0.274 e. The first-order valence-electron chi connectivity index (χ1n) is 7.35. The Balaban J connectivity index is 2.00. The maximum absolute atomic E-state index is 12.3. The molecule has 2 aromatic heterocycles. The molecule has 0 spiro atoms. The van der Waals surface area contributed by atoms with E-state index in [2.05, 4.69) is 22.2 Å². The lowest BCUT2D eigenvalue weighted by Crippen LogP contribution is -2.27. The van der Waals surface area contributed by atoms with Crippen molar-refractivity contribution in [3.8, 4) is 0 Å². The molecule has 0 fully saturated rings. The summed E-state index contributed by atoms with van der Waals surface area (Å²) in [6, 6.07) is 4.02. The molecular weight excluding hydrogens is 266 g/mol. The Morgan fingerprint density at radius 1 is 1.48 bits per heavy atom. The van der Waals surface area contributed by atoms with E-state index in [9.17, 15) is 4.79 Å². The van der Waals surface area contributed by atoms with Crippen LogP contribution in [0.3, 0.4) is 0 Å². The van der Waals surface area contributed by atoms with Gasteiger partial charge in [-0.25, -0.2) is 0 Å². The highest BCUT2D eigenvalue weighted by atomic mass is 16.2. The fourth-order valence-corrected chi connectivity index (χ4v) is 2.14. The Kier molecular flexibility index (Phi) is 4.77. The van der Waals surface area contributed by atoms with E-state index in [0.29, 0.717) is 12.2 Å². The molecule has 0 atom stereocenters. The van der Waals surface area contributed by atoms with Crippen molar-refractivity contribution in [1.29, 1.82) is 0 Å². The van der Waals surface area contributed by atoms with Gasteiger partial charge < -0.3 is 4.90 Å². The first-order valence-corrected chi connectivity index (χ1v) is 7.35. The number of nitrogens with zero attached hydrogens (tertiary/aromatic N) is 4. The molecular formula is C15H23N5O. The van der Waals surface area contributed by atoms with Crippen LogP contribution in [0.15, 0.2) is 18.3 Å². The molecule has 2 aromatic rings. The molecule has 0 unspecified atom stereocenters. The third-order valence-electron chi connectivity index (χ3n) is 3.30. The van der Waals surface area contributed by atoms with Crippen LogP contribution in [0.25, 0.3) is 0 Å². The molecule has 6 nitrogen and oxygen atoms in total. The molecule has 1 amide bonds. The first-order chi connectivity index (χ1) is 10.0. The van der Waals surface area contributed by atoms with E-state index in [1.54, 1.807) is 22.7 Å². The monoisotopic (exact) mass is 289 g/mol. The number of amides is 1. The minimum atomic E-state index is -0.0824. The zero-order valence-corrected chi connectivity index (χ0v) is 13.1. The Morgan fingerprint density at radius 3 is 2.86 bits per heavy atom. The number of carbonyl (C=O) groups excluding carboxylic acids is 1. The second-order valence-corrected chi connectivity index (χ2v) is 5.57. The number of hydrogen-bond donors (Lipinski definition) is 1. The van der Waals surface area contributed by atoms with E-state index >= 15 is 0 Å². The molecule has 0 aliphatic carbocycles. The summed E-state index contributed by atoms with van der Waals surface area (Å²) < 4.78 is 1.79. The van der Waals surface area contributed by atoms with Gasteiger partial charge in [0.05, 0.1) is 17.9 Å². The van der Waals surface area contributed by atoms with Crippen LogP contribution in [-0.4, -0.2) is 37.8 Å². The first kappa shape index (κ1) is 15.3. The van der Waals surface area contributed by atoms with Gasteiger partial charge in [0.15, 0.2) is 0 Å². The number of hydrogen-bond acceptors (Lipinski definition) is 3. The summed E-state index contributed by atoms with van der Waals surface area (Å²) in [5.41, 5.74) is 2.45. The molecule has 0 saturated carbocycles. The van der Waals surface area contributed by atoms with Crippen molar-refractivity contribution in [3.63, 3.8) is 0 Å². The normalized spacial score (nSPS) is 11.1. The predicted molar refractivity (Wildman–Crippen MR) is 81.0 cm³/mol. The molecule has 1 N–H and O–H groups in total. The van der Waals surface area contributed by atoms with E-state index in [1.807, 2.05) is 26.1 Å². The third-order valence-corrected chi connectivity index (χ3v) is 3.30. The standard InChI is InChI=1S/C15H23N5O/c1-5-6-12-9-13(17-16-12)10-19(4)15(21)14-7-8-20(18-14)11(2)3/h7-9,11H,5-6,10H2,1-4H3,(H,16,17). The van der Waals surface area contributed by atoms with Crippen molar-refractivity contribution in [2.24, 2.45) is 0 Å². The summed E-state index contributed by atoms with van der Waals surface area (Å²) in [7, 11) is 1.77. The van der Waals surface area contributed by atoms with Crippen LogP contribution in [0.1, 0.15) is 55.1 Å². The molecule has 0 radical (unpaired) electrons. The Hall–Kier alpha value is -2.11. The average Bonchev–Trinajstić information content (AvgIpc) is 3.07. The maximum atomic E-state index is 12.3. The minimum Gasteiger partial charge on any atom is -0.334 e. The molecule has 21 heavy (non-hydrogen) atoms. The molecule has 2 rings (SSSR count). The highest BCUT2D eigenvalue weighted by Gasteiger charge is 2.16. The van der Waals surface area contributed by atoms with E-state index in [-0.39, 0.29) is 11.9 Å². The van der Waals surface area contributed by atoms with Gasteiger partial charge in [-0.15, -0.1) is 0 Å². The fourth-order valence-electron chi connectivity index (χ4n) is 2.14. The Bertz CT molecular complexity index is 599. The molecule has 2 heterocycles. The molecule has 0 aliphatic heterocycles. The van der Waals surface area contributed by atoms with E-state index < -0.39 is 0 Å². The van der Waals surface area contributed by atoms with E-state index in [4.69, 9.17) is 0 Å². The highest BCUT2D eigenvalue weighted by Crippen LogP contribution is 2.09. The topological polar surface area (TPSA) is 66.8 Å². The van der Waals surface area contributed by atoms with Crippen molar-refractivity contribution in [1.82, 2.24) is 24.9 Å². The van der Waals surface area contributed by atoms with Gasteiger partial charge in [0, 0.05) is 19.3 Å². The van der Waals surface area contributed by atoms with Crippen molar-refractivity contribution < 1.29 is 4.79 Å². The summed E-state index contributed by atoms with van der Waals surface area (Å²) in [4.78, 5) is 14.0. The highest BCUT2D eigenvalue weighted by molar-refractivity contribution is 5.91. The molecule has 0 bridgehead atoms. The molecule has 114 valence electrons. The summed E-state index contributed by atoms with van der Waals surface area (Å²) in [6.07, 6.45) is 3.85. The van der Waals surface area contributed by atoms with Gasteiger partial charge in [0.25, 0.3) is 5.91 Å². The number of H-pyrrole nitrogens is 1. The number of rotatable bonds is 6. The summed E-state index contributed by atoms with van der Waals surface area (Å²) in [5, 5.41) is 11.5. The van der Waals surface area contributed by atoms with Crippen LogP contribution < -0.4 is 0 Å². The van der Waals surface area contributed by atoms with Crippen molar-refractivity contribution in [2.75, 3.05) is 7.05 Å². The third kappa shape index (κ3) is 3.71. The number of carbonyl (C=O) groups is 1. The van der Waals surface area contributed by atoms with Gasteiger partial charge in [-0.1, -0.05) is 13.3 Å². The predicted octanol–water partition coefficient (Wildman–Crippen LogP) is 2.41. The van der Waals surface area contributed by atoms with Gasteiger partial charge in [0.1, 0.15) is 5.69 Å². The van der Waals surface area contributed by atoms with Gasteiger partial charge >= 0.3 is 0 Å². The van der Waals surface area contributed by atoms with Crippen molar-refractivity contribution >= 4 is 5.91 Å². The van der Waals surface area contributed by atoms with E-state index in [0.717, 1.165) is 24.2 Å². The number of nitrogens with one attached hydrogen (secondary N) is 1. The molecule has 0 aromatic carbocycles. The van der Waals surface area contributed by atoms with Gasteiger partial charge in [-0.05, 0) is 32.4 Å². The number of aromatic amines is 1. The van der Waals surface area contributed by atoms with Crippen molar-refractivity contribution in [3.05, 3.63) is 35.4 Å². The lowest BCUT2D eigenvalue weighted by Gasteiger charge is -2.14. The largest absolute Gasteiger partial charge is 0.334 e. The van der Waals surface area contributed by atoms with Gasteiger partial charge in [0.2, 0.25) is 0 Å². The molecule has 0 saturated heterocycles. The SMILES string of the molecule is CCCc1cc(CN(C)C(=O)c2ccn(C(C)C)n2)[nH]n1. The van der Waals surface area contributed by atoms with Crippen LogP contribution in [0, 0.1) is 0 Å². The molecule has 6 heteroatoms. The van der Waals surface area contributed by atoms with E-state index in [1.165, 1.54) is 0 Å². The lowest BCUT2D eigenvalue weighted by atomic mass is 10.2. The van der Waals surface area contributed by atoms with Crippen LogP contribution in [0.5, 0.6) is 0 Å². The summed E-state index contributed by atoms with van der Waals surface area (Å²) in [5.74, 6) is -0.0824. The number of aromatic nitrogens is 4. The van der Waals surface area contributed by atoms with Crippen LogP contribution >= 0.6 is 0 Å². The minimum absolute atomic E-state index is 0.0824. The Labute approximate surface area is 125 Å². The summed E-state index contributed by atoms with van der Waals surface area (Å²) in [6.45, 7) is 6.69.